The fourth-order valence-corrected chi connectivity index (χ4v) is 3.28. The van der Waals surface area contributed by atoms with Gasteiger partial charge in [-0.3, -0.25) is 14.4 Å². The van der Waals surface area contributed by atoms with E-state index in [2.05, 4.69) is 22.5 Å². The summed E-state index contributed by atoms with van der Waals surface area (Å²) < 4.78 is 10.6. The first-order valence-electron chi connectivity index (χ1n) is 12.1. The van der Waals surface area contributed by atoms with E-state index >= 15 is 0 Å². The van der Waals surface area contributed by atoms with E-state index in [1.165, 1.54) is 6.92 Å². The lowest BCUT2D eigenvalue weighted by atomic mass is 10.0. The number of nitrogens with two attached hydrogens (primary N) is 1. The van der Waals surface area contributed by atoms with Crippen molar-refractivity contribution in [3.63, 3.8) is 0 Å². The van der Waals surface area contributed by atoms with Crippen molar-refractivity contribution in [3.8, 4) is 5.75 Å². The molecule has 10 nitrogen and oxygen atoms in total. The van der Waals surface area contributed by atoms with Crippen molar-refractivity contribution in [1.82, 2.24) is 16.0 Å². The van der Waals surface area contributed by atoms with E-state index in [4.69, 9.17) is 15.2 Å². The van der Waals surface area contributed by atoms with Crippen molar-refractivity contribution in [2.24, 2.45) is 5.73 Å². The second-order valence-electron chi connectivity index (χ2n) is 9.44. The van der Waals surface area contributed by atoms with Crippen LogP contribution in [0.5, 0.6) is 5.75 Å². The Morgan fingerprint density at radius 2 is 1.69 bits per heavy atom. The number of alkyl carbamates (subject to hydrolysis) is 1. The summed E-state index contributed by atoms with van der Waals surface area (Å²) in [6, 6.07) is 5.40. The highest BCUT2D eigenvalue weighted by molar-refractivity contribution is 5.91. The minimum atomic E-state index is -0.873. The molecule has 2 atom stereocenters. The Labute approximate surface area is 213 Å². The van der Waals surface area contributed by atoms with Crippen molar-refractivity contribution in [2.75, 3.05) is 13.2 Å². The molecule has 1 aromatic rings. The standard InChI is InChI=1S/C26H40N4O6/c1-6-16-35-20-13-11-19(12-14-20)17-22(29-18(2)31)24(33)30-21(23(27)32)10-8-7-9-15-28-25(34)36-26(3,4)5/h6,11-14,21-22H,1,7-10,15-17H2,2-5H3,(H2,27,32)(H,28,34)(H,29,31)(H,30,33)/t21-,22-/m0/s1. The van der Waals surface area contributed by atoms with Crippen LogP contribution in [0.2, 0.25) is 0 Å². The maximum atomic E-state index is 12.9. The summed E-state index contributed by atoms with van der Waals surface area (Å²) in [4.78, 5) is 48.2. The summed E-state index contributed by atoms with van der Waals surface area (Å²) in [6.07, 6.45) is 3.74. The molecular weight excluding hydrogens is 464 g/mol. The molecule has 0 saturated heterocycles. The van der Waals surface area contributed by atoms with Crippen LogP contribution in [0.1, 0.15) is 58.9 Å². The third-order valence-electron chi connectivity index (χ3n) is 4.92. The number of primary amides is 1. The van der Waals surface area contributed by atoms with E-state index in [1.54, 1.807) is 51.1 Å². The number of carbonyl (C=O) groups is 4. The van der Waals surface area contributed by atoms with Gasteiger partial charge in [-0.15, -0.1) is 0 Å². The number of ether oxygens (including phenoxy) is 2. The highest BCUT2D eigenvalue weighted by Gasteiger charge is 2.25. The zero-order chi connectivity index (χ0) is 27.1. The van der Waals surface area contributed by atoms with Crippen LogP contribution in [0.3, 0.4) is 0 Å². The van der Waals surface area contributed by atoms with E-state index in [-0.39, 0.29) is 12.3 Å². The number of carbonyl (C=O) groups excluding carboxylic acids is 4. The number of amides is 4. The fourth-order valence-electron chi connectivity index (χ4n) is 3.28. The Bertz CT molecular complexity index is 879. The minimum Gasteiger partial charge on any atom is -0.490 e. The molecule has 10 heteroatoms. The third kappa shape index (κ3) is 13.4. The average Bonchev–Trinajstić information content (AvgIpc) is 2.77. The molecule has 0 heterocycles. The molecule has 0 bridgehead atoms. The topological polar surface area (TPSA) is 149 Å². The van der Waals surface area contributed by atoms with Gasteiger partial charge in [-0.2, -0.15) is 0 Å². The first-order valence-corrected chi connectivity index (χ1v) is 12.1. The smallest absolute Gasteiger partial charge is 0.407 e. The van der Waals surface area contributed by atoms with E-state index in [9.17, 15) is 19.2 Å². The van der Waals surface area contributed by atoms with Gasteiger partial charge in [0.05, 0.1) is 0 Å². The zero-order valence-electron chi connectivity index (χ0n) is 21.7. The Balaban J connectivity index is 2.58. The van der Waals surface area contributed by atoms with Gasteiger partial charge in [-0.1, -0.05) is 37.6 Å². The van der Waals surface area contributed by atoms with Gasteiger partial charge < -0.3 is 31.2 Å². The van der Waals surface area contributed by atoms with Crippen LogP contribution in [0.4, 0.5) is 4.79 Å². The molecule has 0 aliphatic heterocycles. The summed E-state index contributed by atoms with van der Waals surface area (Å²) in [5.41, 5.74) is 5.75. The van der Waals surface area contributed by atoms with Crippen molar-refractivity contribution < 1.29 is 28.7 Å². The largest absolute Gasteiger partial charge is 0.490 e. The summed E-state index contributed by atoms with van der Waals surface area (Å²) in [7, 11) is 0. The first kappa shape index (κ1) is 30.5. The number of unbranched alkanes of at least 4 members (excludes halogenated alkanes) is 2. The summed E-state index contributed by atoms with van der Waals surface area (Å²) in [6.45, 7) is 11.1. The number of hydrogen-bond donors (Lipinski definition) is 4. The van der Waals surface area contributed by atoms with Crippen LogP contribution in [0.25, 0.3) is 0 Å². The molecule has 0 radical (unpaired) electrons. The number of rotatable bonds is 15. The molecule has 0 fully saturated rings. The van der Waals surface area contributed by atoms with Gasteiger partial charge in [0.1, 0.15) is 30.0 Å². The van der Waals surface area contributed by atoms with Crippen molar-refractivity contribution in [2.45, 2.75) is 77.5 Å². The predicted octanol–water partition coefficient (Wildman–Crippen LogP) is 2.35. The molecular formula is C26H40N4O6. The molecule has 36 heavy (non-hydrogen) atoms. The lowest BCUT2D eigenvalue weighted by Crippen LogP contribution is -2.53. The Hall–Kier alpha value is -3.56. The van der Waals surface area contributed by atoms with Gasteiger partial charge in [0.25, 0.3) is 0 Å². The second kappa shape index (κ2) is 15.4. The first-order chi connectivity index (χ1) is 16.9. The van der Waals surface area contributed by atoms with Crippen LogP contribution in [-0.4, -0.2) is 54.7 Å². The summed E-state index contributed by atoms with van der Waals surface area (Å²) >= 11 is 0. The van der Waals surface area contributed by atoms with E-state index in [0.29, 0.717) is 44.6 Å². The van der Waals surface area contributed by atoms with Gasteiger partial charge in [0, 0.05) is 19.9 Å². The molecule has 0 aliphatic carbocycles. The van der Waals surface area contributed by atoms with Crippen molar-refractivity contribution >= 4 is 23.8 Å². The maximum absolute atomic E-state index is 12.9. The van der Waals surface area contributed by atoms with Crippen LogP contribution in [0, 0.1) is 0 Å². The van der Waals surface area contributed by atoms with Crippen molar-refractivity contribution in [1.29, 1.82) is 0 Å². The van der Waals surface area contributed by atoms with Crippen LogP contribution in [-0.2, 0) is 25.5 Å². The quantitative estimate of drug-likeness (QED) is 0.213. The van der Waals surface area contributed by atoms with E-state index in [1.807, 2.05) is 0 Å². The molecule has 5 N–H and O–H groups in total. The molecule has 0 unspecified atom stereocenters. The lowest BCUT2D eigenvalue weighted by molar-refractivity contribution is -0.130. The number of hydrogen-bond acceptors (Lipinski definition) is 6. The van der Waals surface area contributed by atoms with Gasteiger partial charge >= 0.3 is 6.09 Å². The molecule has 0 spiro atoms. The monoisotopic (exact) mass is 504 g/mol. The molecule has 4 amide bonds. The molecule has 0 aliphatic rings. The SMILES string of the molecule is C=CCOc1ccc(C[C@H](NC(C)=O)C(=O)N[C@@H](CCCCCNC(=O)OC(C)(C)C)C(N)=O)cc1. The molecule has 0 saturated carbocycles. The molecule has 1 rings (SSSR count). The van der Waals surface area contributed by atoms with Crippen LogP contribution in [0.15, 0.2) is 36.9 Å². The normalized spacial score (nSPS) is 12.6. The van der Waals surface area contributed by atoms with Gasteiger partial charge in [-0.25, -0.2) is 4.79 Å². The highest BCUT2D eigenvalue weighted by Crippen LogP contribution is 2.14. The summed E-state index contributed by atoms with van der Waals surface area (Å²) in [5.74, 6) is -0.850. The Morgan fingerprint density at radius 3 is 2.25 bits per heavy atom. The van der Waals surface area contributed by atoms with Gasteiger partial charge in [0.15, 0.2) is 0 Å². The third-order valence-corrected chi connectivity index (χ3v) is 4.92. The second-order valence-corrected chi connectivity index (χ2v) is 9.44. The van der Waals surface area contributed by atoms with Gasteiger partial charge in [0.2, 0.25) is 17.7 Å². The van der Waals surface area contributed by atoms with E-state index in [0.717, 1.165) is 5.56 Å². The van der Waals surface area contributed by atoms with Crippen LogP contribution < -0.4 is 26.4 Å². The number of nitrogens with one attached hydrogen (secondary N) is 3. The Kier molecular flexibility index (Phi) is 13.1. The number of benzene rings is 1. The summed E-state index contributed by atoms with van der Waals surface area (Å²) in [5, 5.41) is 7.97. The average molecular weight is 505 g/mol. The molecule has 0 aromatic heterocycles. The maximum Gasteiger partial charge on any atom is 0.407 e. The lowest BCUT2D eigenvalue weighted by Gasteiger charge is -2.22. The fraction of sp³-hybridized carbons (Fsp3) is 0.538. The Morgan fingerprint density at radius 1 is 1.03 bits per heavy atom. The highest BCUT2D eigenvalue weighted by atomic mass is 16.6. The predicted molar refractivity (Wildman–Crippen MR) is 137 cm³/mol. The molecule has 1 aromatic carbocycles. The van der Waals surface area contributed by atoms with Gasteiger partial charge in [-0.05, 0) is 51.3 Å². The molecule has 200 valence electrons. The van der Waals surface area contributed by atoms with Crippen LogP contribution >= 0.6 is 0 Å². The minimum absolute atomic E-state index is 0.231. The zero-order valence-corrected chi connectivity index (χ0v) is 21.7. The van der Waals surface area contributed by atoms with E-state index < -0.39 is 35.6 Å². The van der Waals surface area contributed by atoms with Crippen molar-refractivity contribution in [3.05, 3.63) is 42.5 Å².